The Balaban J connectivity index is 2.01. The van der Waals surface area contributed by atoms with Crippen molar-refractivity contribution in [1.82, 2.24) is 4.83 Å². The second-order valence-electron chi connectivity index (χ2n) is 4.34. The molecule has 5 nitrogen and oxygen atoms in total. The van der Waals surface area contributed by atoms with Gasteiger partial charge in [-0.05, 0) is 18.4 Å². The van der Waals surface area contributed by atoms with Gasteiger partial charge in [0.2, 0.25) is 0 Å². The Hall–Kier alpha value is -1.99. The molecule has 0 saturated heterocycles. The van der Waals surface area contributed by atoms with Crippen molar-refractivity contribution in [3.63, 3.8) is 0 Å². The Morgan fingerprint density at radius 2 is 1.90 bits per heavy atom. The molecule has 110 valence electrons. The molecule has 0 atom stereocenters. The fraction of sp³-hybridized carbons (Fsp3) is 0.143. The smallest absolute Gasteiger partial charge is 0.286 e. The molecular formula is C14H14N2O3S2. The Morgan fingerprint density at radius 3 is 2.52 bits per heavy atom. The lowest BCUT2D eigenvalue weighted by Crippen LogP contribution is -2.19. The molecule has 21 heavy (non-hydrogen) atoms. The molecule has 1 N–H and O–H groups in total. The van der Waals surface area contributed by atoms with E-state index in [1.54, 1.807) is 42.6 Å². The predicted molar refractivity (Wildman–Crippen MR) is 83.1 cm³/mol. The van der Waals surface area contributed by atoms with Gasteiger partial charge < -0.3 is 0 Å². The normalized spacial score (nSPS) is 12.1. The van der Waals surface area contributed by atoms with E-state index in [1.165, 1.54) is 6.07 Å². The number of Topliss-reactive ketones (excluding diaryl/α,β-unsaturated/α-hetero) is 1. The molecule has 1 aromatic carbocycles. The van der Waals surface area contributed by atoms with Gasteiger partial charge in [0.1, 0.15) is 4.21 Å². The van der Waals surface area contributed by atoms with E-state index < -0.39 is 10.0 Å². The number of nitrogens with zero attached hydrogens (tertiary/aromatic N) is 1. The van der Waals surface area contributed by atoms with E-state index in [0.717, 1.165) is 11.3 Å². The lowest BCUT2D eigenvalue weighted by atomic mass is 10.1. The van der Waals surface area contributed by atoms with E-state index in [9.17, 15) is 13.2 Å². The summed E-state index contributed by atoms with van der Waals surface area (Å²) in [4.78, 5) is 14.1. The molecule has 0 bridgehead atoms. The first kappa shape index (κ1) is 15.4. The molecule has 7 heteroatoms. The Bertz CT molecular complexity index is 736. The van der Waals surface area contributed by atoms with Crippen molar-refractivity contribution in [2.45, 2.75) is 17.6 Å². The summed E-state index contributed by atoms with van der Waals surface area (Å²) in [6.07, 6.45) is 0.0664. The van der Waals surface area contributed by atoms with Gasteiger partial charge in [-0.1, -0.05) is 36.4 Å². The Labute approximate surface area is 127 Å². The van der Waals surface area contributed by atoms with E-state index in [-0.39, 0.29) is 16.4 Å². The lowest BCUT2D eigenvalue weighted by Gasteiger charge is -2.03. The van der Waals surface area contributed by atoms with E-state index in [2.05, 4.69) is 9.93 Å². The van der Waals surface area contributed by atoms with Gasteiger partial charge in [0.15, 0.2) is 5.78 Å². The van der Waals surface area contributed by atoms with E-state index >= 15 is 0 Å². The number of hydrogen-bond donors (Lipinski definition) is 1. The molecule has 1 aromatic heterocycles. The molecular weight excluding hydrogens is 308 g/mol. The third-order valence-corrected chi connectivity index (χ3v) is 5.23. The first-order valence-corrected chi connectivity index (χ1v) is 8.52. The van der Waals surface area contributed by atoms with Gasteiger partial charge in [-0.3, -0.25) is 4.79 Å². The molecule has 1 heterocycles. The minimum Gasteiger partial charge on any atom is -0.294 e. The van der Waals surface area contributed by atoms with Crippen LogP contribution >= 0.6 is 11.3 Å². The van der Waals surface area contributed by atoms with E-state index in [4.69, 9.17) is 0 Å². The van der Waals surface area contributed by atoms with Crippen LogP contribution in [0.3, 0.4) is 0 Å². The Kier molecular flexibility index (Phi) is 4.87. The average Bonchev–Trinajstić information content (AvgIpc) is 3.01. The maximum Gasteiger partial charge on any atom is 0.286 e. The number of thiophene rings is 1. The molecule has 0 aliphatic carbocycles. The molecule has 0 saturated carbocycles. The molecule has 0 radical (unpaired) electrons. The number of hydrogen-bond acceptors (Lipinski definition) is 5. The van der Waals surface area contributed by atoms with Gasteiger partial charge in [0.25, 0.3) is 10.0 Å². The Morgan fingerprint density at radius 1 is 1.19 bits per heavy atom. The van der Waals surface area contributed by atoms with E-state index in [0.29, 0.717) is 11.3 Å². The van der Waals surface area contributed by atoms with Crippen molar-refractivity contribution in [2.24, 2.45) is 5.10 Å². The van der Waals surface area contributed by atoms with Crippen LogP contribution in [0.1, 0.15) is 23.7 Å². The molecule has 0 unspecified atom stereocenters. The number of benzene rings is 1. The number of hydrazone groups is 1. The first-order valence-electron chi connectivity index (χ1n) is 6.16. The van der Waals surface area contributed by atoms with Gasteiger partial charge in [-0.2, -0.15) is 18.4 Å². The third kappa shape index (κ3) is 4.24. The van der Waals surface area contributed by atoms with Gasteiger partial charge >= 0.3 is 0 Å². The number of nitrogens with one attached hydrogen (secondary N) is 1. The van der Waals surface area contributed by atoms with Crippen molar-refractivity contribution in [3.05, 3.63) is 53.4 Å². The molecule has 0 amide bonds. The van der Waals surface area contributed by atoms with Crippen LogP contribution in [0.2, 0.25) is 0 Å². The zero-order valence-corrected chi connectivity index (χ0v) is 12.9. The SMILES string of the molecule is C/C(CC(=O)c1ccccc1)=N\NS(=O)(=O)c1cccs1. The van der Waals surface area contributed by atoms with Crippen LogP contribution in [0.5, 0.6) is 0 Å². The number of rotatable bonds is 6. The van der Waals surface area contributed by atoms with Crippen LogP contribution < -0.4 is 4.83 Å². The lowest BCUT2D eigenvalue weighted by molar-refractivity contribution is 0.100. The zero-order valence-electron chi connectivity index (χ0n) is 11.3. The third-order valence-electron chi connectivity index (χ3n) is 2.63. The topological polar surface area (TPSA) is 75.6 Å². The highest BCUT2D eigenvalue weighted by atomic mass is 32.2. The second-order valence-corrected chi connectivity index (χ2v) is 7.18. The van der Waals surface area contributed by atoms with Crippen LogP contribution in [0.15, 0.2) is 57.2 Å². The van der Waals surface area contributed by atoms with Crippen molar-refractivity contribution in [1.29, 1.82) is 0 Å². The molecule has 2 rings (SSSR count). The minimum absolute atomic E-state index is 0.0664. The highest BCUT2D eigenvalue weighted by Gasteiger charge is 2.14. The summed E-state index contributed by atoms with van der Waals surface area (Å²) >= 11 is 1.11. The monoisotopic (exact) mass is 322 g/mol. The number of carbonyl (C=O) groups excluding carboxylic acids is 1. The van der Waals surface area contributed by atoms with Gasteiger partial charge in [0.05, 0.1) is 6.42 Å². The van der Waals surface area contributed by atoms with Gasteiger partial charge in [-0.25, -0.2) is 0 Å². The fourth-order valence-corrected chi connectivity index (χ4v) is 3.45. The number of sulfonamides is 1. The fourth-order valence-electron chi connectivity index (χ4n) is 1.60. The highest BCUT2D eigenvalue weighted by molar-refractivity contribution is 7.91. The van der Waals surface area contributed by atoms with Crippen molar-refractivity contribution < 1.29 is 13.2 Å². The molecule has 0 aliphatic rings. The molecule has 0 aliphatic heterocycles. The van der Waals surface area contributed by atoms with Crippen LogP contribution in [-0.2, 0) is 10.0 Å². The van der Waals surface area contributed by atoms with Crippen molar-refractivity contribution in [2.75, 3.05) is 0 Å². The van der Waals surface area contributed by atoms with Crippen LogP contribution in [-0.4, -0.2) is 19.9 Å². The summed E-state index contributed by atoms with van der Waals surface area (Å²) in [6.45, 7) is 1.61. The summed E-state index contributed by atoms with van der Waals surface area (Å²) in [5.74, 6) is -0.104. The highest BCUT2D eigenvalue weighted by Crippen LogP contribution is 2.15. The summed E-state index contributed by atoms with van der Waals surface area (Å²) in [5, 5.41) is 5.45. The standard InChI is InChI=1S/C14H14N2O3S2/c1-11(10-13(17)12-6-3-2-4-7-12)15-16-21(18,19)14-8-5-9-20-14/h2-9,16H,10H2,1H3/b15-11+. The minimum atomic E-state index is -3.64. The summed E-state index contributed by atoms with van der Waals surface area (Å²) < 4.78 is 23.9. The number of carbonyl (C=O) groups is 1. The zero-order chi connectivity index (χ0) is 15.3. The first-order chi connectivity index (χ1) is 9.99. The summed E-state index contributed by atoms with van der Waals surface area (Å²) in [6, 6.07) is 11.9. The van der Waals surface area contributed by atoms with E-state index in [1.807, 2.05) is 6.07 Å². The largest absolute Gasteiger partial charge is 0.294 e. The van der Waals surface area contributed by atoms with Crippen molar-refractivity contribution in [3.8, 4) is 0 Å². The van der Waals surface area contributed by atoms with Gasteiger partial charge in [-0.15, -0.1) is 11.3 Å². The quantitative estimate of drug-likeness (QED) is 0.505. The molecule has 2 aromatic rings. The summed E-state index contributed by atoms with van der Waals surface area (Å²) in [7, 11) is -3.64. The predicted octanol–water partition coefficient (Wildman–Crippen LogP) is 2.68. The van der Waals surface area contributed by atoms with Crippen molar-refractivity contribution >= 4 is 32.9 Å². The molecule has 0 spiro atoms. The van der Waals surface area contributed by atoms with Crippen LogP contribution in [0, 0.1) is 0 Å². The van der Waals surface area contributed by atoms with Crippen LogP contribution in [0.25, 0.3) is 0 Å². The second kappa shape index (κ2) is 6.64. The van der Waals surface area contributed by atoms with Crippen LogP contribution in [0.4, 0.5) is 0 Å². The average molecular weight is 322 g/mol. The molecule has 0 fully saturated rings. The summed E-state index contributed by atoms with van der Waals surface area (Å²) in [5.41, 5.74) is 0.983. The maximum absolute atomic E-state index is 12.0. The maximum atomic E-state index is 12.0. The number of ketones is 1. The van der Waals surface area contributed by atoms with Gasteiger partial charge in [0, 0.05) is 11.3 Å².